The average Bonchev–Trinajstić information content (AvgIpc) is 3.07. The molecule has 1 aliphatic heterocycles. The molecule has 0 saturated carbocycles. The number of ether oxygens (including phenoxy) is 1. The molecule has 1 aromatic rings. The van der Waals surface area contributed by atoms with E-state index in [0.717, 1.165) is 57.2 Å². The fourth-order valence-corrected chi connectivity index (χ4v) is 2.89. The SMILES string of the molecule is CN=C(NCCCNc1ccccc1)NCC1(CCO)CCOC1.I. The van der Waals surface area contributed by atoms with E-state index in [4.69, 9.17) is 4.74 Å². The molecule has 1 heterocycles. The summed E-state index contributed by atoms with van der Waals surface area (Å²) in [7, 11) is 1.78. The number of hydrogen-bond donors (Lipinski definition) is 4. The van der Waals surface area contributed by atoms with E-state index in [2.05, 4.69) is 33.1 Å². The van der Waals surface area contributed by atoms with Gasteiger partial charge < -0.3 is 25.8 Å². The van der Waals surface area contributed by atoms with Gasteiger partial charge in [0.05, 0.1) is 6.61 Å². The first-order chi connectivity index (χ1) is 11.8. The van der Waals surface area contributed by atoms with Crippen molar-refractivity contribution >= 4 is 35.6 Å². The van der Waals surface area contributed by atoms with Crippen molar-refractivity contribution in [1.82, 2.24) is 10.6 Å². The zero-order valence-corrected chi connectivity index (χ0v) is 17.3. The second-order valence-electron chi connectivity index (χ2n) is 6.28. The first-order valence-electron chi connectivity index (χ1n) is 8.70. The van der Waals surface area contributed by atoms with Crippen molar-refractivity contribution in [2.24, 2.45) is 10.4 Å². The first kappa shape index (κ1) is 22.0. The van der Waals surface area contributed by atoms with Crippen LogP contribution in [-0.4, -0.2) is 57.6 Å². The van der Waals surface area contributed by atoms with Crippen LogP contribution in [0.1, 0.15) is 19.3 Å². The van der Waals surface area contributed by atoms with E-state index in [-0.39, 0.29) is 36.0 Å². The summed E-state index contributed by atoms with van der Waals surface area (Å²) >= 11 is 0. The third-order valence-corrected chi connectivity index (χ3v) is 4.43. The van der Waals surface area contributed by atoms with Crippen molar-refractivity contribution in [2.45, 2.75) is 19.3 Å². The number of nitrogens with zero attached hydrogens (tertiary/aromatic N) is 1. The van der Waals surface area contributed by atoms with E-state index in [9.17, 15) is 5.11 Å². The lowest BCUT2D eigenvalue weighted by atomic mass is 9.84. The number of rotatable bonds is 9. The lowest BCUT2D eigenvalue weighted by Gasteiger charge is -2.27. The topological polar surface area (TPSA) is 77.9 Å². The highest BCUT2D eigenvalue weighted by Crippen LogP contribution is 2.31. The Morgan fingerprint density at radius 1 is 1.24 bits per heavy atom. The molecule has 2 rings (SSSR count). The predicted octanol–water partition coefficient (Wildman–Crippen LogP) is 2.06. The third-order valence-electron chi connectivity index (χ3n) is 4.43. The Morgan fingerprint density at radius 3 is 2.68 bits per heavy atom. The normalized spacial score (nSPS) is 20.0. The molecule has 1 aliphatic rings. The Bertz CT molecular complexity index is 493. The molecule has 1 aromatic carbocycles. The average molecular weight is 462 g/mol. The molecular formula is C18H31IN4O2. The van der Waals surface area contributed by atoms with Crippen LogP contribution in [0, 0.1) is 5.41 Å². The van der Waals surface area contributed by atoms with Crippen LogP contribution >= 0.6 is 24.0 Å². The molecule has 0 bridgehead atoms. The van der Waals surface area contributed by atoms with Gasteiger partial charge in [0.2, 0.25) is 0 Å². The Hall–Kier alpha value is -1.06. The summed E-state index contributed by atoms with van der Waals surface area (Å²) in [6.07, 6.45) is 2.75. The summed E-state index contributed by atoms with van der Waals surface area (Å²) in [4.78, 5) is 4.27. The minimum Gasteiger partial charge on any atom is -0.396 e. The van der Waals surface area contributed by atoms with E-state index in [1.54, 1.807) is 7.05 Å². The number of hydrogen-bond acceptors (Lipinski definition) is 4. The number of anilines is 1. The van der Waals surface area contributed by atoms with Gasteiger partial charge in [-0.05, 0) is 31.4 Å². The van der Waals surface area contributed by atoms with Crippen molar-refractivity contribution in [1.29, 1.82) is 0 Å². The summed E-state index contributed by atoms with van der Waals surface area (Å²) in [5, 5.41) is 19.4. The molecule has 1 unspecified atom stereocenters. The smallest absolute Gasteiger partial charge is 0.190 e. The number of nitrogens with one attached hydrogen (secondary N) is 3. The van der Waals surface area contributed by atoms with Crippen LogP contribution in [0.15, 0.2) is 35.3 Å². The summed E-state index contributed by atoms with van der Waals surface area (Å²) in [6.45, 7) is 4.22. The van der Waals surface area contributed by atoms with E-state index < -0.39 is 0 Å². The molecule has 4 N–H and O–H groups in total. The Morgan fingerprint density at radius 2 is 2.04 bits per heavy atom. The van der Waals surface area contributed by atoms with Crippen molar-refractivity contribution in [3.05, 3.63) is 30.3 Å². The highest BCUT2D eigenvalue weighted by atomic mass is 127. The number of halogens is 1. The van der Waals surface area contributed by atoms with Crippen molar-refractivity contribution in [2.75, 3.05) is 51.8 Å². The number of aliphatic imine (C=N–C) groups is 1. The molecule has 0 spiro atoms. The Balaban J connectivity index is 0.00000312. The quantitative estimate of drug-likeness (QED) is 0.196. The maximum absolute atomic E-state index is 9.27. The molecule has 1 atom stereocenters. The second kappa shape index (κ2) is 12.3. The Labute approximate surface area is 167 Å². The predicted molar refractivity (Wildman–Crippen MR) is 114 cm³/mol. The second-order valence-corrected chi connectivity index (χ2v) is 6.28. The van der Waals surface area contributed by atoms with Gasteiger partial charge in [-0.1, -0.05) is 18.2 Å². The number of aliphatic hydroxyl groups excluding tert-OH is 1. The molecule has 25 heavy (non-hydrogen) atoms. The van der Waals surface area contributed by atoms with Crippen LogP contribution < -0.4 is 16.0 Å². The maximum Gasteiger partial charge on any atom is 0.190 e. The summed E-state index contributed by atoms with van der Waals surface area (Å²) < 4.78 is 5.51. The van der Waals surface area contributed by atoms with E-state index in [1.807, 2.05) is 18.2 Å². The number of benzene rings is 1. The van der Waals surface area contributed by atoms with Crippen LogP contribution in [0.25, 0.3) is 0 Å². The Kier molecular flexibility index (Phi) is 10.8. The number of para-hydroxylation sites is 1. The number of guanidine groups is 1. The van der Waals surface area contributed by atoms with Gasteiger partial charge in [-0.2, -0.15) is 0 Å². The van der Waals surface area contributed by atoms with Crippen LogP contribution in [0.2, 0.25) is 0 Å². The van der Waals surface area contributed by atoms with Gasteiger partial charge in [-0.25, -0.2) is 0 Å². The molecule has 0 amide bonds. The maximum atomic E-state index is 9.27. The van der Waals surface area contributed by atoms with Crippen molar-refractivity contribution < 1.29 is 9.84 Å². The monoisotopic (exact) mass is 462 g/mol. The molecule has 1 saturated heterocycles. The number of aliphatic hydroxyl groups is 1. The molecule has 6 nitrogen and oxygen atoms in total. The zero-order chi connectivity index (χ0) is 17.1. The third kappa shape index (κ3) is 7.79. The van der Waals surface area contributed by atoms with Gasteiger partial charge in [0, 0.05) is 51.0 Å². The van der Waals surface area contributed by atoms with Crippen LogP contribution in [-0.2, 0) is 4.74 Å². The fraction of sp³-hybridized carbons (Fsp3) is 0.611. The summed E-state index contributed by atoms with van der Waals surface area (Å²) in [5.74, 6) is 0.805. The summed E-state index contributed by atoms with van der Waals surface area (Å²) in [5.41, 5.74) is 1.17. The van der Waals surface area contributed by atoms with Crippen LogP contribution in [0.3, 0.4) is 0 Å². The van der Waals surface area contributed by atoms with E-state index in [0.29, 0.717) is 6.61 Å². The lowest BCUT2D eigenvalue weighted by Crippen LogP contribution is -2.44. The zero-order valence-electron chi connectivity index (χ0n) is 15.0. The first-order valence-corrected chi connectivity index (χ1v) is 8.70. The van der Waals surface area contributed by atoms with Crippen molar-refractivity contribution in [3.8, 4) is 0 Å². The standard InChI is InChI=1S/C18H30N4O2.HI/c1-19-17(22-14-18(8-12-23)9-13-24-15-18)21-11-5-10-20-16-6-3-2-4-7-16;/h2-4,6-7,20,23H,5,8-15H2,1H3,(H2,19,21,22);1H. The van der Waals surface area contributed by atoms with Gasteiger partial charge in [-0.3, -0.25) is 4.99 Å². The van der Waals surface area contributed by atoms with E-state index >= 15 is 0 Å². The molecular weight excluding hydrogens is 431 g/mol. The fourth-order valence-electron chi connectivity index (χ4n) is 2.89. The van der Waals surface area contributed by atoms with Gasteiger partial charge in [0.1, 0.15) is 0 Å². The molecule has 142 valence electrons. The molecule has 0 radical (unpaired) electrons. The molecule has 7 heteroatoms. The minimum absolute atomic E-state index is 0. The lowest BCUT2D eigenvalue weighted by molar-refractivity contribution is 0.127. The minimum atomic E-state index is 0. The molecule has 1 fully saturated rings. The van der Waals surface area contributed by atoms with E-state index in [1.165, 1.54) is 0 Å². The highest BCUT2D eigenvalue weighted by Gasteiger charge is 2.34. The highest BCUT2D eigenvalue weighted by molar-refractivity contribution is 14.0. The van der Waals surface area contributed by atoms with Crippen molar-refractivity contribution in [3.63, 3.8) is 0 Å². The van der Waals surface area contributed by atoms with Crippen LogP contribution in [0.5, 0.6) is 0 Å². The van der Waals surface area contributed by atoms with Gasteiger partial charge >= 0.3 is 0 Å². The van der Waals surface area contributed by atoms with Gasteiger partial charge in [-0.15, -0.1) is 24.0 Å². The van der Waals surface area contributed by atoms with Gasteiger partial charge in [0.15, 0.2) is 5.96 Å². The van der Waals surface area contributed by atoms with Gasteiger partial charge in [0.25, 0.3) is 0 Å². The molecule has 0 aromatic heterocycles. The van der Waals surface area contributed by atoms with Crippen LogP contribution in [0.4, 0.5) is 5.69 Å². The summed E-state index contributed by atoms with van der Waals surface area (Å²) in [6, 6.07) is 10.2. The molecule has 0 aliphatic carbocycles. The largest absolute Gasteiger partial charge is 0.396 e.